The Hall–Kier alpha value is -1.49. The highest BCUT2D eigenvalue weighted by atomic mass is 32.2. The maximum atomic E-state index is 8.93. The van der Waals surface area contributed by atoms with Gasteiger partial charge in [-0.2, -0.15) is 0 Å². The number of thioether (sulfide) groups is 1. The largest absolute Gasteiger partial charge is 0.457 e. The van der Waals surface area contributed by atoms with E-state index in [1.807, 2.05) is 36.4 Å². The van der Waals surface area contributed by atoms with E-state index in [2.05, 4.69) is 13.0 Å². The van der Waals surface area contributed by atoms with E-state index in [0.29, 0.717) is 13.0 Å². The van der Waals surface area contributed by atoms with Crippen molar-refractivity contribution in [1.82, 2.24) is 0 Å². The number of rotatable bonds is 7. The van der Waals surface area contributed by atoms with Crippen LogP contribution in [-0.2, 0) is 13.0 Å². The van der Waals surface area contributed by atoms with E-state index in [-0.39, 0.29) is 6.61 Å². The van der Waals surface area contributed by atoms with Crippen LogP contribution >= 0.6 is 11.8 Å². The number of ether oxygens (including phenoxy) is 1. The molecule has 0 aliphatic rings. The lowest BCUT2D eigenvalue weighted by Gasteiger charge is -2.13. The van der Waals surface area contributed by atoms with Gasteiger partial charge in [-0.05, 0) is 42.0 Å². The monoisotopic (exact) mass is 303 g/mol. The lowest BCUT2D eigenvalue weighted by atomic mass is 10.1. The molecule has 0 aromatic heterocycles. The van der Waals surface area contributed by atoms with E-state index < -0.39 is 0 Å². The van der Waals surface area contributed by atoms with Crippen LogP contribution in [0, 0.1) is 0 Å². The van der Waals surface area contributed by atoms with Gasteiger partial charge in [0.2, 0.25) is 0 Å². The summed E-state index contributed by atoms with van der Waals surface area (Å²) in [6.45, 7) is 2.74. The molecule has 0 amide bonds. The Morgan fingerprint density at radius 3 is 2.52 bits per heavy atom. The number of aliphatic hydroxyl groups excluding tert-OH is 1. The van der Waals surface area contributed by atoms with Crippen molar-refractivity contribution in [3.63, 3.8) is 0 Å². The molecule has 0 saturated carbocycles. The van der Waals surface area contributed by atoms with Crippen molar-refractivity contribution in [3.05, 3.63) is 53.6 Å². The number of nitrogens with two attached hydrogens (primary N) is 1. The molecule has 0 saturated heterocycles. The van der Waals surface area contributed by atoms with Crippen LogP contribution in [0.1, 0.15) is 18.1 Å². The summed E-state index contributed by atoms with van der Waals surface area (Å²) in [5, 5.41) is 8.93. The molecule has 0 atom stereocenters. The van der Waals surface area contributed by atoms with Crippen LogP contribution in [0.5, 0.6) is 11.5 Å². The van der Waals surface area contributed by atoms with Crippen molar-refractivity contribution < 1.29 is 9.84 Å². The SMILES string of the molecule is CCSc1cccc(Oc2ccc(CCO)cc2)c1CN. The fourth-order valence-electron chi connectivity index (χ4n) is 2.11. The molecule has 3 N–H and O–H groups in total. The van der Waals surface area contributed by atoms with E-state index in [4.69, 9.17) is 15.6 Å². The lowest BCUT2D eigenvalue weighted by molar-refractivity contribution is 0.299. The molecule has 0 bridgehead atoms. The van der Waals surface area contributed by atoms with E-state index in [0.717, 1.165) is 28.4 Å². The molecule has 112 valence electrons. The molecule has 3 nitrogen and oxygen atoms in total. The van der Waals surface area contributed by atoms with E-state index >= 15 is 0 Å². The van der Waals surface area contributed by atoms with Gasteiger partial charge in [0, 0.05) is 23.6 Å². The van der Waals surface area contributed by atoms with Crippen LogP contribution in [-0.4, -0.2) is 17.5 Å². The van der Waals surface area contributed by atoms with E-state index in [9.17, 15) is 0 Å². The Bertz CT molecular complexity index is 570. The van der Waals surface area contributed by atoms with Crippen molar-refractivity contribution in [1.29, 1.82) is 0 Å². The molecule has 0 aliphatic carbocycles. The van der Waals surface area contributed by atoms with Gasteiger partial charge in [-0.3, -0.25) is 0 Å². The molecule has 0 spiro atoms. The second kappa shape index (κ2) is 8.08. The second-order valence-electron chi connectivity index (χ2n) is 4.59. The van der Waals surface area contributed by atoms with Crippen molar-refractivity contribution in [2.45, 2.75) is 24.8 Å². The highest BCUT2D eigenvalue weighted by molar-refractivity contribution is 7.99. The normalized spacial score (nSPS) is 10.6. The zero-order chi connectivity index (χ0) is 15.1. The maximum absolute atomic E-state index is 8.93. The highest BCUT2D eigenvalue weighted by Gasteiger charge is 2.09. The molecule has 21 heavy (non-hydrogen) atoms. The first-order valence-corrected chi connectivity index (χ1v) is 8.09. The molecule has 0 aliphatic heterocycles. The third-order valence-electron chi connectivity index (χ3n) is 3.15. The summed E-state index contributed by atoms with van der Waals surface area (Å²) in [6.07, 6.45) is 0.664. The van der Waals surface area contributed by atoms with Crippen LogP contribution in [0.4, 0.5) is 0 Å². The number of hydrogen-bond acceptors (Lipinski definition) is 4. The van der Waals surface area contributed by atoms with Gasteiger partial charge in [-0.15, -0.1) is 11.8 Å². The average molecular weight is 303 g/mol. The Morgan fingerprint density at radius 2 is 1.90 bits per heavy atom. The minimum atomic E-state index is 0.161. The van der Waals surface area contributed by atoms with Gasteiger partial charge >= 0.3 is 0 Å². The van der Waals surface area contributed by atoms with E-state index in [1.165, 1.54) is 4.90 Å². The second-order valence-corrected chi connectivity index (χ2v) is 5.90. The molecule has 0 radical (unpaired) electrons. The predicted octanol–water partition coefficient (Wildman–Crippen LogP) is 3.58. The van der Waals surface area contributed by atoms with Crippen LogP contribution in [0.2, 0.25) is 0 Å². The Labute approximate surface area is 130 Å². The molecule has 0 heterocycles. The van der Waals surface area contributed by atoms with Crippen molar-refractivity contribution in [2.24, 2.45) is 5.73 Å². The van der Waals surface area contributed by atoms with Crippen molar-refractivity contribution in [3.8, 4) is 11.5 Å². The Kier molecular flexibility index (Phi) is 6.11. The van der Waals surface area contributed by atoms with Crippen LogP contribution in [0.3, 0.4) is 0 Å². The summed E-state index contributed by atoms with van der Waals surface area (Å²) in [5.41, 5.74) is 8.02. The van der Waals surface area contributed by atoms with Gasteiger partial charge in [0.15, 0.2) is 0 Å². The fraction of sp³-hybridized carbons (Fsp3) is 0.294. The summed E-state index contributed by atoms with van der Waals surface area (Å²) >= 11 is 1.77. The molecule has 0 unspecified atom stereocenters. The topological polar surface area (TPSA) is 55.5 Å². The number of aliphatic hydroxyl groups is 1. The van der Waals surface area contributed by atoms with Gasteiger partial charge in [0.05, 0.1) is 0 Å². The molecule has 2 rings (SSSR count). The van der Waals surface area contributed by atoms with E-state index in [1.54, 1.807) is 11.8 Å². The minimum Gasteiger partial charge on any atom is -0.457 e. The van der Waals surface area contributed by atoms with Crippen molar-refractivity contribution in [2.75, 3.05) is 12.4 Å². The predicted molar refractivity (Wildman–Crippen MR) is 88.0 cm³/mol. The van der Waals surface area contributed by atoms with Gasteiger partial charge in [-0.1, -0.05) is 25.1 Å². The van der Waals surface area contributed by atoms with Gasteiger partial charge < -0.3 is 15.6 Å². The first-order chi connectivity index (χ1) is 10.3. The number of benzene rings is 2. The summed E-state index contributed by atoms with van der Waals surface area (Å²) in [4.78, 5) is 1.18. The van der Waals surface area contributed by atoms with Crippen molar-refractivity contribution >= 4 is 11.8 Å². The fourth-order valence-corrected chi connectivity index (χ4v) is 2.96. The van der Waals surface area contributed by atoms with Crippen LogP contribution in [0.15, 0.2) is 47.4 Å². The molecular formula is C17H21NO2S. The Morgan fingerprint density at radius 1 is 1.14 bits per heavy atom. The van der Waals surface area contributed by atoms with Crippen LogP contribution < -0.4 is 10.5 Å². The summed E-state index contributed by atoms with van der Waals surface area (Å²) in [7, 11) is 0. The van der Waals surface area contributed by atoms with Gasteiger partial charge in [-0.25, -0.2) is 0 Å². The first kappa shape index (κ1) is 15.9. The van der Waals surface area contributed by atoms with Gasteiger partial charge in [0.1, 0.15) is 11.5 Å². The quantitative estimate of drug-likeness (QED) is 0.768. The molecule has 0 fully saturated rings. The minimum absolute atomic E-state index is 0.161. The molecular weight excluding hydrogens is 282 g/mol. The Balaban J connectivity index is 2.20. The third-order valence-corrected chi connectivity index (χ3v) is 4.13. The maximum Gasteiger partial charge on any atom is 0.133 e. The van der Waals surface area contributed by atoms with Gasteiger partial charge in [0.25, 0.3) is 0 Å². The molecule has 2 aromatic carbocycles. The summed E-state index contributed by atoms with van der Waals surface area (Å²) in [6, 6.07) is 13.8. The lowest BCUT2D eigenvalue weighted by Crippen LogP contribution is -2.01. The highest BCUT2D eigenvalue weighted by Crippen LogP contribution is 2.32. The number of hydrogen-bond donors (Lipinski definition) is 2. The standard InChI is InChI=1S/C17H21NO2S/c1-2-21-17-5-3-4-16(15(17)12-18)20-14-8-6-13(7-9-14)10-11-19/h3-9,19H,2,10-12,18H2,1H3. The third kappa shape index (κ3) is 4.24. The first-order valence-electron chi connectivity index (χ1n) is 7.11. The van der Waals surface area contributed by atoms with Crippen LogP contribution in [0.25, 0.3) is 0 Å². The zero-order valence-corrected chi connectivity index (χ0v) is 13.0. The molecule has 2 aromatic rings. The summed E-state index contributed by atoms with van der Waals surface area (Å²) in [5.74, 6) is 2.60. The average Bonchev–Trinajstić information content (AvgIpc) is 2.50. The zero-order valence-electron chi connectivity index (χ0n) is 12.2. The molecule has 4 heteroatoms. The smallest absolute Gasteiger partial charge is 0.133 e. The summed E-state index contributed by atoms with van der Waals surface area (Å²) < 4.78 is 5.96.